The van der Waals surface area contributed by atoms with Gasteiger partial charge in [0.05, 0.1) is 0 Å². The van der Waals surface area contributed by atoms with Gasteiger partial charge >= 0.3 is 0 Å². The van der Waals surface area contributed by atoms with E-state index in [1.165, 1.54) is 49.1 Å². The summed E-state index contributed by atoms with van der Waals surface area (Å²) in [5.74, 6) is 0.0510. The first kappa shape index (κ1) is 14.2. The van der Waals surface area contributed by atoms with E-state index in [-0.39, 0.29) is 11.6 Å². The fraction of sp³-hybridized carbons (Fsp3) is 0.200. The molecule has 1 heterocycles. The second kappa shape index (κ2) is 5.65. The molecule has 1 nitrogen and oxygen atoms in total. The van der Waals surface area contributed by atoms with E-state index >= 15 is 0 Å². The van der Waals surface area contributed by atoms with Crippen LogP contribution in [-0.2, 0) is 0 Å². The molecule has 0 atom stereocenters. The second-order valence-electron chi connectivity index (χ2n) is 6.16. The van der Waals surface area contributed by atoms with E-state index < -0.39 is 0 Å². The van der Waals surface area contributed by atoms with E-state index in [1.807, 2.05) is 6.07 Å². The molecule has 4 rings (SSSR count). The van der Waals surface area contributed by atoms with Crippen LogP contribution in [0.1, 0.15) is 30.7 Å². The van der Waals surface area contributed by atoms with Gasteiger partial charge in [0.25, 0.3) is 0 Å². The smallest absolute Gasteiger partial charge is 0.123 e. The second-order valence-corrected chi connectivity index (χ2v) is 6.16. The fourth-order valence-electron chi connectivity index (χ4n) is 3.18. The molecule has 0 bridgehead atoms. The lowest BCUT2D eigenvalue weighted by molar-refractivity contribution is 0.421. The van der Waals surface area contributed by atoms with E-state index in [0.717, 1.165) is 22.5 Å². The predicted molar refractivity (Wildman–Crippen MR) is 88.2 cm³/mol. The Hall–Kier alpha value is -2.42. The van der Waals surface area contributed by atoms with Gasteiger partial charge in [-0.15, -0.1) is 0 Å². The van der Waals surface area contributed by atoms with Crippen molar-refractivity contribution in [2.24, 2.45) is 0 Å². The summed E-state index contributed by atoms with van der Waals surface area (Å²) in [7, 11) is 0. The summed E-state index contributed by atoms with van der Waals surface area (Å²) >= 11 is 0. The Morgan fingerprint density at radius 1 is 0.826 bits per heavy atom. The van der Waals surface area contributed by atoms with Crippen LogP contribution in [-0.4, -0.2) is 4.98 Å². The Bertz CT molecular complexity index is 829. The van der Waals surface area contributed by atoms with Gasteiger partial charge in [-0.3, -0.25) is 0 Å². The van der Waals surface area contributed by atoms with Crippen LogP contribution in [0, 0.1) is 11.6 Å². The largest absolute Gasteiger partial charge is 0.354 e. The van der Waals surface area contributed by atoms with Crippen molar-refractivity contribution in [3.63, 3.8) is 0 Å². The minimum absolute atomic E-state index is 0.240. The van der Waals surface area contributed by atoms with Gasteiger partial charge in [0.15, 0.2) is 0 Å². The molecule has 116 valence electrons. The molecule has 0 radical (unpaired) electrons. The number of hydrogen-bond acceptors (Lipinski definition) is 0. The molecule has 1 saturated carbocycles. The maximum absolute atomic E-state index is 13.5. The standard InChI is InChI=1S/C20H17F2N/c21-16-9-7-14(8-10-16)20-18(13-3-1-4-13)12-19(23-20)15-5-2-6-17(22)11-15/h2,5-13,23H,1,3-4H2. The molecule has 0 amide bonds. The normalized spacial score (nSPS) is 14.7. The first-order valence-corrected chi connectivity index (χ1v) is 7.95. The van der Waals surface area contributed by atoms with Crippen molar-refractivity contribution in [1.82, 2.24) is 4.98 Å². The molecule has 0 saturated heterocycles. The van der Waals surface area contributed by atoms with Crippen LogP contribution >= 0.6 is 0 Å². The van der Waals surface area contributed by atoms with Gasteiger partial charge in [0.2, 0.25) is 0 Å². The number of hydrogen-bond donors (Lipinski definition) is 1. The van der Waals surface area contributed by atoms with Crippen molar-refractivity contribution in [3.05, 3.63) is 71.8 Å². The van der Waals surface area contributed by atoms with Gasteiger partial charge in [-0.2, -0.15) is 0 Å². The highest BCUT2D eigenvalue weighted by molar-refractivity contribution is 5.72. The van der Waals surface area contributed by atoms with Crippen LogP contribution in [0.25, 0.3) is 22.5 Å². The molecular formula is C20H17F2N. The van der Waals surface area contributed by atoms with Crippen LogP contribution in [0.5, 0.6) is 0 Å². The number of aromatic amines is 1. The molecule has 0 spiro atoms. The third-order valence-corrected chi connectivity index (χ3v) is 4.66. The summed E-state index contributed by atoms with van der Waals surface area (Å²) in [6.45, 7) is 0. The molecule has 23 heavy (non-hydrogen) atoms. The van der Waals surface area contributed by atoms with Crippen LogP contribution < -0.4 is 0 Å². The lowest BCUT2D eigenvalue weighted by atomic mass is 9.79. The highest BCUT2D eigenvalue weighted by Crippen LogP contribution is 2.42. The molecule has 1 aromatic heterocycles. The van der Waals surface area contributed by atoms with Crippen molar-refractivity contribution in [1.29, 1.82) is 0 Å². The van der Waals surface area contributed by atoms with Crippen molar-refractivity contribution in [2.45, 2.75) is 25.2 Å². The summed E-state index contributed by atoms with van der Waals surface area (Å²) in [6.07, 6.45) is 3.59. The van der Waals surface area contributed by atoms with Crippen LogP contribution in [0.15, 0.2) is 54.6 Å². The van der Waals surface area contributed by atoms with E-state index in [2.05, 4.69) is 11.1 Å². The third kappa shape index (κ3) is 2.67. The highest BCUT2D eigenvalue weighted by atomic mass is 19.1. The predicted octanol–water partition coefficient (Wildman–Crippen LogP) is 5.89. The summed E-state index contributed by atoms with van der Waals surface area (Å²) in [5.41, 5.74) is 4.98. The molecule has 1 aliphatic carbocycles. The molecule has 1 N–H and O–H groups in total. The lowest BCUT2D eigenvalue weighted by Gasteiger charge is -2.26. The summed E-state index contributed by atoms with van der Waals surface area (Å²) in [5, 5.41) is 0. The highest BCUT2D eigenvalue weighted by Gasteiger charge is 2.25. The van der Waals surface area contributed by atoms with E-state index in [9.17, 15) is 8.78 Å². The first-order valence-electron chi connectivity index (χ1n) is 7.95. The van der Waals surface area contributed by atoms with Crippen molar-refractivity contribution in [2.75, 3.05) is 0 Å². The summed E-state index contributed by atoms with van der Waals surface area (Å²) < 4.78 is 26.7. The number of nitrogens with one attached hydrogen (secondary N) is 1. The van der Waals surface area contributed by atoms with Gasteiger partial charge in [-0.1, -0.05) is 18.6 Å². The third-order valence-electron chi connectivity index (χ3n) is 4.66. The first-order chi connectivity index (χ1) is 11.2. The summed E-state index contributed by atoms with van der Waals surface area (Å²) in [4.78, 5) is 3.42. The molecule has 1 aliphatic rings. The Labute approximate surface area is 134 Å². The SMILES string of the molecule is Fc1ccc(-c2[nH]c(-c3cccc(F)c3)cc2C2CCC2)cc1. The van der Waals surface area contributed by atoms with Gasteiger partial charge < -0.3 is 4.98 Å². The fourth-order valence-corrected chi connectivity index (χ4v) is 3.18. The molecule has 0 unspecified atom stereocenters. The summed E-state index contributed by atoms with van der Waals surface area (Å²) in [6, 6.07) is 15.2. The molecule has 1 fully saturated rings. The minimum Gasteiger partial charge on any atom is -0.354 e. The van der Waals surface area contributed by atoms with E-state index in [4.69, 9.17) is 0 Å². The Kier molecular flexibility index (Phi) is 3.49. The molecule has 0 aliphatic heterocycles. The quantitative estimate of drug-likeness (QED) is 0.620. The number of halogens is 2. The van der Waals surface area contributed by atoms with Crippen molar-refractivity contribution >= 4 is 0 Å². The molecule has 3 heteroatoms. The number of aromatic nitrogens is 1. The van der Waals surface area contributed by atoms with Crippen LogP contribution in [0.4, 0.5) is 8.78 Å². The van der Waals surface area contributed by atoms with Gasteiger partial charge in [0.1, 0.15) is 11.6 Å². The van der Waals surface area contributed by atoms with E-state index in [0.29, 0.717) is 5.92 Å². The maximum atomic E-state index is 13.5. The zero-order valence-corrected chi connectivity index (χ0v) is 12.7. The number of rotatable bonds is 3. The zero-order chi connectivity index (χ0) is 15.8. The number of H-pyrrole nitrogens is 1. The minimum atomic E-state index is -0.245. The van der Waals surface area contributed by atoms with Gasteiger partial charge in [-0.05, 0) is 72.4 Å². The Morgan fingerprint density at radius 3 is 2.26 bits per heavy atom. The monoisotopic (exact) mass is 309 g/mol. The van der Waals surface area contributed by atoms with Crippen molar-refractivity contribution < 1.29 is 8.78 Å². The maximum Gasteiger partial charge on any atom is 0.123 e. The Balaban J connectivity index is 1.82. The van der Waals surface area contributed by atoms with Crippen molar-refractivity contribution in [3.8, 4) is 22.5 Å². The average Bonchev–Trinajstić information content (AvgIpc) is 2.91. The van der Waals surface area contributed by atoms with Crippen LogP contribution in [0.3, 0.4) is 0 Å². The zero-order valence-electron chi connectivity index (χ0n) is 12.7. The number of benzene rings is 2. The molecular weight excluding hydrogens is 292 g/mol. The Morgan fingerprint density at radius 2 is 1.61 bits per heavy atom. The lowest BCUT2D eigenvalue weighted by Crippen LogP contribution is -2.08. The average molecular weight is 309 g/mol. The molecule has 2 aromatic carbocycles. The van der Waals surface area contributed by atoms with Gasteiger partial charge in [-0.25, -0.2) is 8.78 Å². The van der Waals surface area contributed by atoms with Gasteiger partial charge in [0, 0.05) is 17.0 Å². The van der Waals surface area contributed by atoms with E-state index in [1.54, 1.807) is 18.2 Å². The molecule has 3 aromatic rings. The topological polar surface area (TPSA) is 15.8 Å². The van der Waals surface area contributed by atoms with Crippen LogP contribution in [0.2, 0.25) is 0 Å².